The van der Waals surface area contributed by atoms with E-state index in [-0.39, 0.29) is 47.4 Å². The molecule has 1 aliphatic rings. The Bertz CT molecular complexity index is 1830. The number of hydrogen-bond donors (Lipinski definition) is 1. The molecule has 0 amide bonds. The Balaban J connectivity index is 1.27. The van der Waals surface area contributed by atoms with Crippen LogP contribution in [-0.2, 0) is 24.3 Å². The topological polar surface area (TPSA) is 123 Å². The van der Waals surface area contributed by atoms with Gasteiger partial charge < -0.3 is 19.1 Å². The number of ether oxygens (including phenoxy) is 2. The molecule has 0 radical (unpaired) electrons. The molecule has 206 valence electrons. The number of carboxylic acids is 1. The van der Waals surface area contributed by atoms with E-state index < -0.39 is 17.6 Å². The first-order chi connectivity index (χ1) is 19.9. The third-order valence-corrected chi connectivity index (χ3v) is 7.62. The molecule has 0 spiro atoms. The SMILES string of the molecule is N#Cc1cnc(COc2cccc(-c3cc(F)c(Cc4nc5ccc(C(=O)O)cc5n4C[C@@H]4CCO4)cc3F)n2)s1. The summed E-state index contributed by atoms with van der Waals surface area (Å²) in [7, 11) is 0. The van der Waals surface area contributed by atoms with Crippen LogP contribution in [0.2, 0.25) is 0 Å². The second-order valence-electron chi connectivity index (χ2n) is 9.41. The number of aromatic nitrogens is 4. The minimum absolute atomic E-state index is 0.0120. The van der Waals surface area contributed by atoms with E-state index in [4.69, 9.17) is 14.7 Å². The zero-order valence-electron chi connectivity index (χ0n) is 21.4. The van der Waals surface area contributed by atoms with Gasteiger partial charge in [0.1, 0.15) is 40.0 Å². The lowest BCUT2D eigenvalue weighted by Gasteiger charge is -2.27. The number of thiazole rings is 1. The molecule has 12 heteroatoms. The molecule has 0 unspecified atom stereocenters. The molecule has 5 aromatic rings. The number of nitriles is 1. The number of imidazole rings is 1. The fourth-order valence-corrected chi connectivity index (χ4v) is 5.20. The molecular weight excluding hydrogens is 552 g/mol. The highest BCUT2D eigenvalue weighted by atomic mass is 32.1. The summed E-state index contributed by atoms with van der Waals surface area (Å²) in [6, 6.07) is 13.6. The van der Waals surface area contributed by atoms with Crippen LogP contribution in [0.5, 0.6) is 5.88 Å². The van der Waals surface area contributed by atoms with Crippen LogP contribution < -0.4 is 4.74 Å². The van der Waals surface area contributed by atoms with E-state index in [1.165, 1.54) is 29.7 Å². The van der Waals surface area contributed by atoms with E-state index >= 15 is 8.78 Å². The maximum atomic E-state index is 15.4. The van der Waals surface area contributed by atoms with Gasteiger partial charge in [0.15, 0.2) is 0 Å². The number of rotatable bonds is 9. The van der Waals surface area contributed by atoms with Gasteiger partial charge in [-0.25, -0.2) is 28.5 Å². The van der Waals surface area contributed by atoms with Gasteiger partial charge >= 0.3 is 5.97 Å². The summed E-state index contributed by atoms with van der Waals surface area (Å²) < 4.78 is 43.8. The standard InChI is InChI=1S/C29H21F2N5O4S/c30-21-11-20(23-2-1-3-27(35-23)40-15-28-33-13-19(12-32)41-28)22(31)8-17(21)10-26-34-24-5-4-16(29(37)38)9-25(24)36(26)14-18-6-7-39-18/h1-5,8-9,11,13,18H,6-7,10,14-15H2,(H,37,38)/t18-/m0/s1. The van der Waals surface area contributed by atoms with Crippen LogP contribution in [0.1, 0.15) is 38.1 Å². The van der Waals surface area contributed by atoms with Crippen molar-refractivity contribution in [2.24, 2.45) is 0 Å². The largest absolute Gasteiger partial charge is 0.478 e. The van der Waals surface area contributed by atoms with E-state index in [0.29, 0.717) is 39.9 Å². The molecule has 3 aromatic heterocycles. The van der Waals surface area contributed by atoms with Crippen LogP contribution in [0.4, 0.5) is 8.78 Å². The lowest BCUT2D eigenvalue weighted by molar-refractivity contribution is -0.0589. The number of nitrogens with zero attached hydrogens (tertiary/aromatic N) is 5. The molecule has 6 rings (SSSR count). The normalized spacial score (nSPS) is 14.5. The summed E-state index contributed by atoms with van der Waals surface area (Å²) in [4.78, 5) is 25.0. The number of carboxylic acid groups (broad SMARTS) is 1. The minimum Gasteiger partial charge on any atom is -0.478 e. The Morgan fingerprint density at radius 3 is 2.78 bits per heavy atom. The van der Waals surface area contributed by atoms with Crippen molar-refractivity contribution in [3.8, 4) is 23.2 Å². The van der Waals surface area contributed by atoms with Crippen LogP contribution in [0.25, 0.3) is 22.3 Å². The van der Waals surface area contributed by atoms with Crippen molar-refractivity contribution in [3.63, 3.8) is 0 Å². The van der Waals surface area contributed by atoms with Gasteiger partial charge in [-0.1, -0.05) is 6.07 Å². The highest BCUT2D eigenvalue weighted by Gasteiger charge is 2.23. The van der Waals surface area contributed by atoms with Crippen molar-refractivity contribution < 1.29 is 28.2 Å². The van der Waals surface area contributed by atoms with Crippen molar-refractivity contribution in [1.29, 1.82) is 5.26 Å². The second-order valence-corrected chi connectivity index (χ2v) is 10.5. The number of halogens is 2. The van der Waals surface area contributed by atoms with Gasteiger partial charge in [0, 0.05) is 24.7 Å². The lowest BCUT2D eigenvalue weighted by Crippen LogP contribution is -2.31. The Morgan fingerprint density at radius 2 is 2.05 bits per heavy atom. The molecule has 1 aliphatic heterocycles. The van der Waals surface area contributed by atoms with Crippen molar-refractivity contribution in [2.45, 2.75) is 32.1 Å². The van der Waals surface area contributed by atoms with Crippen molar-refractivity contribution in [2.75, 3.05) is 6.61 Å². The maximum absolute atomic E-state index is 15.4. The Labute approximate surface area is 236 Å². The van der Waals surface area contributed by atoms with Crippen LogP contribution in [0.15, 0.2) is 54.7 Å². The molecule has 1 fully saturated rings. The van der Waals surface area contributed by atoms with Gasteiger partial charge in [0.2, 0.25) is 5.88 Å². The van der Waals surface area contributed by atoms with Crippen LogP contribution >= 0.6 is 11.3 Å². The average Bonchev–Trinajstić information content (AvgIpc) is 3.55. The summed E-state index contributed by atoms with van der Waals surface area (Å²) in [6.07, 6.45) is 2.22. The molecular formula is C29H21F2N5O4S. The maximum Gasteiger partial charge on any atom is 0.335 e. The van der Waals surface area contributed by atoms with Gasteiger partial charge in [-0.3, -0.25) is 0 Å². The molecule has 1 atom stereocenters. The summed E-state index contributed by atoms with van der Waals surface area (Å²) >= 11 is 1.20. The smallest absolute Gasteiger partial charge is 0.335 e. The van der Waals surface area contributed by atoms with E-state index in [0.717, 1.165) is 18.6 Å². The van der Waals surface area contributed by atoms with Gasteiger partial charge in [0.05, 0.1) is 41.1 Å². The predicted molar refractivity (Wildman–Crippen MR) is 145 cm³/mol. The lowest BCUT2D eigenvalue weighted by atomic mass is 10.0. The molecule has 0 aliphatic carbocycles. The molecule has 0 bridgehead atoms. The van der Waals surface area contributed by atoms with Gasteiger partial charge in [-0.05, 0) is 48.4 Å². The zero-order valence-corrected chi connectivity index (χ0v) is 22.2. The first-order valence-corrected chi connectivity index (χ1v) is 13.5. The Morgan fingerprint density at radius 1 is 1.20 bits per heavy atom. The van der Waals surface area contributed by atoms with Crippen molar-refractivity contribution >= 4 is 28.3 Å². The first-order valence-electron chi connectivity index (χ1n) is 12.6. The van der Waals surface area contributed by atoms with Gasteiger partial charge in [0.25, 0.3) is 0 Å². The highest BCUT2D eigenvalue weighted by molar-refractivity contribution is 7.12. The molecule has 2 aromatic carbocycles. The van der Waals surface area contributed by atoms with Crippen LogP contribution in [0, 0.1) is 23.0 Å². The quantitative estimate of drug-likeness (QED) is 0.250. The van der Waals surface area contributed by atoms with Gasteiger partial charge in [-0.15, -0.1) is 11.3 Å². The molecule has 1 N–H and O–H groups in total. The molecule has 1 saturated heterocycles. The van der Waals surface area contributed by atoms with Crippen molar-refractivity contribution in [1.82, 2.24) is 19.5 Å². The number of benzene rings is 2. The van der Waals surface area contributed by atoms with Crippen LogP contribution in [0.3, 0.4) is 0 Å². The number of carbonyl (C=O) groups is 1. The fraction of sp³-hybridized carbons (Fsp3) is 0.207. The zero-order chi connectivity index (χ0) is 28.5. The number of pyridine rings is 1. The number of hydrogen-bond acceptors (Lipinski definition) is 8. The third kappa shape index (κ3) is 5.50. The molecule has 4 heterocycles. The van der Waals surface area contributed by atoms with Gasteiger partial charge in [-0.2, -0.15) is 5.26 Å². The molecule has 9 nitrogen and oxygen atoms in total. The summed E-state index contributed by atoms with van der Waals surface area (Å²) in [5, 5.41) is 19.0. The third-order valence-electron chi connectivity index (χ3n) is 6.75. The number of aromatic carboxylic acids is 1. The van der Waals surface area contributed by atoms with E-state index in [2.05, 4.69) is 15.0 Å². The average molecular weight is 574 g/mol. The van der Waals surface area contributed by atoms with E-state index in [9.17, 15) is 9.90 Å². The summed E-state index contributed by atoms with van der Waals surface area (Å²) in [5.74, 6) is -1.69. The fourth-order valence-electron chi connectivity index (χ4n) is 4.58. The Kier molecular flexibility index (Phi) is 7.13. The molecule has 0 saturated carbocycles. The second kappa shape index (κ2) is 11.0. The van der Waals surface area contributed by atoms with E-state index in [1.807, 2.05) is 10.6 Å². The minimum atomic E-state index is -1.07. The number of fused-ring (bicyclic) bond motifs is 1. The van der Waals surface area contributed by atoms with Crippen LogP contribution in [-0.4, -0.2) is 43.3 Å². The molecule has 41 heavy (non-hydrogen) atoms. The van der Waals surface area contributed by atoms with E-state index in [1.54, 1.807) is 24.3 Å². The highest BCUT2D eigenvalue weighted by Crippen LogP contribution is 2.29. The summed E-state index contributed by atoms with van der Waals surface area (Å²) in [5.41, 5.74) is 1.52. The Hall–Kier alpha value is -4.73. The summed E-state index contributed by atoms with van der Waals surface area (Å²) in [6.45, 7) is 1.15. The predicted octanol–water partition coefficient (Wildman–Crippen LogP) is 5.36. The first kappa shape index (κ1) is 26.5. The van der Waals surface area contributed by atoms with Crippen molar-refractivity contribution in [3.05, 3.63) is 93.2 Å². The monoisotopic (exact) mass is 573 g/mol.